The second kappa shape index (κ2) is 5.88. The molecule has 0 saturated heterocycles. The van der Waals surface area contributed by atoms with Crippen molar-refractivity contribution in [2.75, 3.05) is 0 Å². The number of carbonyl (C=O) groups excluding carboxylic acids is 1. The smallest absolute Gasteiger partial charge is 0.420 e. The molecule has 0 aliphatic carbocycles. The average Bonchev–Trinajstić information content (AvgIpc) is 2.84. The molecule has 0 unspecified atom stereocenters. The molecule has 4 heteroatoms. The number of rotatable bonds is 2. The van der Waals surface area contributed by atoms with Gasteiger partial charge in [0.2, 0.25) is 0 Å². The van der Waals surface area contributed by atoms with E-state index in [9.17, 15) is 4.79 Å². The molecular formula is C19H20N2O2. The van der Waals surface area contributed by atoms with Gasteiger partial charge in [0.1, 0.15) is 11.2 Å². The summed E-state index contributed by atoms with van der Waals surface area (Å²) >= 11 is 0. The van der Waals surface area contributed by atoms with Gasteiger partial charge in [-0.15, -0.1) is 0 Å². The molecule has 0 atom stereocenters. The summed E-state index contributed by atoms with van der Waals surface area (Å²) in [4.78, 5) is 17.0. The van der Waals surface area contributed by atoms with Crippen LogP contribution >= 0.6 is 0 Å². The Morgan fingerprint density at radius 1 is 1.13 bits per heavy atom. The van der Waals surface area contributed by atoms with E-state index in [-0.39, 0.29) is 0 Å². The fourth-order valence-electron chi connectivity index (χ4n) is 2.54. The zero-order chi connectivity index (χ0) is 16.4. The molecule has 23 heavy (non-hydrogen) atoms. The molecule has 4 nitrogen and oxygen atoms in total. The summed E-state index contributed by atoms with van der Waals surface area (Å²) in [6, 6.07) is 15.9. The predicted molar refractivity (Wildman–Crippen MR) is 90.6 cm³/mol. The van der Waals surface area contributed by atoms with Crippen molar-refractivity contribution in [3.63, 3.8) is 0 Å². The highest BCUT2D eigenvalue weighted by Gasteiger charge is 2.22. The minimum Gasteiger partial charge on any atom is -0.443 e. The molecule has 2 aromatic heterocycles. The van der Waals surface area contributed by atoms with Crippen LogP contribution in [0.25, 0.3) is 11.0 Å². The van der Waals surface area contributed by atoms with Crippen LogP contribution in [0.3, 0.4) is 0 Å². The van der Waals surface area contributed by atoms with Gasteiger partial charge in [-0.25, -0.2) is 14.3 Å². The predicted octanol–water partition coefficient (Wildman–Crippen LogP) is 4.41. The first-order valence-corrected chi connectivity index (χ1v) is 7.67. The lowest BCUT2D eigenvalue weighted by atomic mass is 10.1. The first-order valence-electron chi connectivity index (χ1n) is 7.67. The fraction of sp³-hybridized carbons (Fsp3) is 0.263. The van der Waals surface area contributed by atoms with Crippen LogP contribution in [-0.2, 0) is 11.2 Å². The number of pyridine rings is 1. The molecule has 3 aromatic rings. The van der Waals surface area contributed by atoms with Crippen molar-refractivity contribution in [3.05, 3.63) is 66.0 Å². The number of ether oxygens (including phenoxy) is 1. The number of fused-ring (bicyclic) bond motifs is 1. The van der Waals surface area contributed by atoms with Gasteiger partial charge in [-0.3, -0.25) is 0 Å². The number of benzene rings is 1. The first kappa shape index (κ1) is 15.3. The van der Waals surface area contributed by atoms with Crippen molar-refractivity contribution in [1.29, 1.82) is 0 Å². The summed E-state index contributed by atoms with van der Waals surface area (Å²) in [5.74, 6) is 0. The molecule has 1 aromatic carbocycles. The highest BCUT2D eigenvalue weighted by atomic mass is 16.6. The monoisotopic (exact) mass is 308 g/mol. The van der Waals surface area contributed by atoms with Gasteiger partial charge >= 0.3 is 6.09 Å². The Labute approximate surface area is 135 Å². The third-order valence-electron chi connectivity index (χ3n) is 3.44. The lowest BCUT2D eigenvalue weighted by Crippen LogP contribution is -2.28. The second-order valence-electron chi connectivity index (χ2n) is 6.53. The van der Waals surface area contributed by atoms with Crippen LogP contribution < -0.4 is 0 Å². The van der Waals surface area contributed by atoms with Gasteiger partial charge in [-0.2, -0.15) is 0 Å². The summed E-state index contributed by atoms with van der Waals surface area (Å²) in [6.45, 7) is 5.59. The standard InChI is InChI=1S/C19H20N2O2/c1-19(2,3)23-18(22)21-16(12-14-8-5-4-6-9-14)13-15-10-7-11-20-17(15)21/h4-11,13H,12H2,1-3H3. The topological polar surface area (TPSA) is 44.1 Å². The van der Waals surface area contributed by atoms with E-state index >= 15 is 0 Å². The van der Waals surface area contributed by atoms with E-state index < -0.39 is 11.7 Å². The van der Waals surface area contributed by atoms with E-state index in [2.05, 4.69) is 4.98 Å². The van der Waals surface area contributed by atoms with Crippen LogP contribution in [0.2, 0.25) is 0 Å². The highest BCUT2D eigenvalue weighted by molar-refractivity contribution is 5.88. The van der Waals surface area contributed by atoms with Crippen molar-refractivity contribution in [1.82, 2.24) is 9.55 Å². The molecule has 3 rings (SSSR count). The maximum atomic E-state index is 12.6. The molecule has 0 aliphatic heterocycles. The molecule has 0 spiro atoms. The number of hydrogen-bond donors (Lipinski definition) is 0. The Hall–Kier alpha value is -2.62. The van der Waals surface area contributed by atoms with Gasteiger partial charge in [0.25, 0.3) is 0 Å². The van der Waals surface area contributed by atoms with Crippen molar-refractivity contribution in [3.8, 4) is 0 Å². The third-order valence-corrected chi connectivity index (χ3v) is 3.44. The van der Waals surface area contributed by atoms with Crippen LogP contribution in [0, 0.1) is 0 Å². The Morgan fingerprint density at radius 3 is 2.57 bits per heavy atom. The van der Waals surface area contributed by atoms with Crippen molar-refractivity contribution >= 4 is 17.1 Å². The summed E-state index contributed by atoms with van der Waals surface area (Å²) in [5, 5.41) is 0.935. The highest BCUT2D eigenvalue weighted by Crippen LogP contribution is 2.22. The number of aromatic nitrogens is 2. The third kappa shape index (κ3) is 3.42. The zero-order valence-electron chi connectivity index (χ0n) is 13.6. The zero-order valence-corrected chi connectivity index (χ0v) is 13.6. The van der Waals surface area contributed by atoms with E-state index in [1.165, 1.54) is 0 Å². The Kier molecular flexibility index (Phi) is 3.90. The molecule has 0 N–H and O–H groups in total. The molecular weight excluding hydrogens is 288 g/mol. The first-order chi connectivity index (χ1) is 10.9. The second-order valence-corrected chi connectivity index (χ2v) is 6.53. The summed E-state index contributed by atoms with van der Waals surface area (Å²) in [6.07, 6.45) is 1.95. The molecule has 0 radical (unpaired) electrons. The largest absolute Gasteiger partial charge is 0.443 e. The molecule has 2 heterocycles. The van der Waals surface area contributed by atoms with Gasteiger partial charge < -0.3 is 4.74 Å². The molecule has 118 valence electrons. The Morgan fingerprint density at radius 2 is 1.87 bits per heavy atom. The van der Waals surface area contributed by atoms with E-state index in [0.717, 1.165) is 16.6 Å². The maximum absolute atomic E-state index is 12.6. The van der Waals surface area contributed by atoms with Crippen LogP contribution in [0.5, 0.6) is 0 Å². The van der Waals surface area contributed by atoms with Gasteiger partial charge in [0.05, 0.1) is 0 Å². The van der Waals surface area contributed by atoms with Crippen molar-refractivity contribution < 1.29 is 9.53 Å². The molecule has 0 saturated carbocycles. The quantitative estimate of drug-likeness (QED) is 0.704. The Bertz CT molecular complexity index is 829. The average molecular weight is 308 g/mol. The minimum atomic E-state index is -0.549. The van der Waals surface area contributed by atoms with E-state index in [1.54, 1.807) is 10.8 Å². The fourth-order valence-corrected chi connectivity index (χ4v) is 2.54. The summed E-state index contributed by atoms with van der Waals surface area (Å²) < 4.78 is 7.13. The van der Waals surface area contributed by atoms with Gasteiger partial charge in [-0.1, -0.05) is 30.3 Å². The van der Waals surface area contributed by atoms with Crippen LogP contribution in [-0.4, -0.2) is 21.2 Å². The van der Waals surface area contributed by atoms with E-state index in [0.29, 0.717) is 12.1 Å². The van der Waals surface area contributed by atoms with E-state index in [1.807, 2.05) is 69.3 Å². The SMILES string of the molecule is CC(C)(C)OC(=O)n1c(Cc2ccccc2)cc2cccnc21. The maximum Gasteiger partial charge on any atom is 0.420 e. The van der Waals surface area contributed by atoms with Crippen LogP contribution in [0.15, 0.2) is 54.7 Å². The minimum absolute atomic E-state index is 0.392. The normalized spacial score (nSPS) is 11.6. The van der Waals surface area contributed by atoms with E-state index in [4.69, 9.17) is 4.74 Å². The number of carbonyl (C=O) groups is 1. The lowest BCUT2D eigenvalue weighted by Gasteiger charge is -2.20. The molecule has 0 fully saturated rings. The lowest BCUT2D eigenvalue weighted by molar-refractivity contribution is 0.0540. The summed E-state index contributed by atoms with van der Waals surface area (Å²) in [7, 11) is 0. The van der Waals surface area contributed by atoms with Gasteiger partial charge in [-0.05, 0) is 44.5 Å². The van der Waals surface area contributed by atoms with Crippen LogP contribution in [0.1, 0.15) is 32.0 Å². The van der Waals surface area contributed by atoms with Gasteiger partial charge in [0.15, 0.2) is 0 Å². The van der Waals surface area contributed by atoms with Gasteiger partial charge in [0, 0.05) is 23.7 Å². The molecule has 0 aliphatic rings. The van der Waals surface area contributed by atoms with Crippen molar-refractivity contribution in [2.45, 2.75) is 32.8 Å². The Balaban J connectivity index is 2.06. The number of nitrogens with zero attached hydrogens (tertiary/aromatic N) is 2. The number of hydrogen-bond acceptors (Lipinski definition) is 3. The molecule has 0 bridgehead atoms. The molecule has 0 amide bonds. The van der Waals surface area contributed by atoms with Crippen molar-refractivity contribution in [2.24, 2.45) is 0 Å². The van der Waals surface area contributed by atoms with Crippen LogP contribution in [0.4, 0.5) is 4.79 Å². The summed E-state index contributed by atoms with van der Waals surface area (Å²) in [5.41, 5.74) is 2.10.